The van der Waals surface area contributed by atoms with Gasteiger partial charge in [-0.05, 0) is 37.5 Å². The van der Waals surface area contributed by atoms with Gasteiger partial charge < -0.3 is 19.3 Å². The molecule has 2 aliphatic rings. The second kappa shape index (κ2) is 9.00. The molecule has 6 nitrogen and oxygen atoms in total. The Hall–Kier alpha value is -3.02. The van der Waals surface area contributed by atoms with Gasteiger partial charge in [-0.25, -0.2) is 0 Å². The summed E-state index contributed by atoms with van der Waals surface area (Å²) in [6.07, 6.45) is 2.12. The van der Waals surface area contributed by atoms with E-state index in [2.05, 4.69) is 12.1 Å². The van der Waals surface area contributed by atoms with Gasteiger partial charge in [-0.2, -0.15) is 0 Å². The number of carbonyl (C=O) groups is 2. The Balaban J connectivity index is 1.47. The van der Waals surface area contributed by atoms with Crippen molar-refractivity contribution in [2.75, 3.05) is 27.3 Å². The molecule has 0 spiro atoms. The van der Waals surface area contributed by atoms with Crippen molar-refractivity contribution < 1.29 is 19.1 Å². The average molecular weight is 423 g/mol. The Bertz CT molecular complexity index is 956. The van der Waals surface area contributed by atoms with E-state index < -0.39 is 0 Å². The van der Waals surface area contributed by atoms with Crippen molar-refractivity contribution in [3.63, 3.8) is 0 Å². The first-order chi connectivity index (χ1) is 15.0. The van der Waals surface area contributed by atoms with Crippen molar-refractivity contribution in [3.05, 3.63) is 59.2 Å². The number of methoxy groups -OCH3 is 2. The van der Waals surface area contributed by atoms with Gasteiger partial charge in [0.15, 0.2) is 0 Å². The van der Waals surface area contributed by atoms with Crippen LogP contribution >= 0.6 is 0 Å². The second-order valence-electron chi connectivity index (χ2n) is 8.46. The standard InChI is InChI=1S/C25H30N2O4/c1-17-6-8-18(9-7-17)15-26-16-19(13-24(26)28)25(29)27-12-4-5-22(27)21-11-10-20(30-2)14-23(21)31-3/h6-11,14,19,22H,4-5,12-13,15-16H2,1-3H3. The van der Waals surface area contributed by atoms with Crippen LogP contribution < -0.4 is 9.47 Å². The molecular formula is C25H30N2O4. The zero-order valence-corrected chi connectivity index (χ0v) is 18.5. The lowest BCUT2D eigenvalue weighted by Gasteiger charge is -2.28. The number of rotatable bonds is 6. The predicted octanol–water partition coefficient (Wildman–Crippen LogP) is 3.72. The molecule has 0 aliphatic carbocycles. The fourth-order valence-electron chi connectivity index (χ4n) is 4.69. The molecule has 2 aliphatic heterocycles. The summed E-state index contributed by atoms with van der Waals surface area (Å²) in [6, 6.07) is 13.9. The maximum atomic E-state index is 13.4. The Morgan fingerprint density at radius 2 is 1.87 bits per heavy atom. The number of likely N-dealkylation sites (tertiary alicyclic amines) is 2. The molecule has 0 radical (unpaired) electrons. The van der Waals surface area contributed by atoms with Crippen LogP contribution in [-0.2, 0) is 16.1 Å². The summed E-state index contributed by atoms with van der Waals surface area (Å²) in [7, 11) is 3.26. The number of aryl methyl sites for hydroxylation is 1. The lowest BCUT2D eigenvalue weighted by molar-refractivity contribution is -0.136. The molecule has 2 aromatic carbocycles. The van der Waals surface area contributed by atoms with Crippen LogP contribution in [0.1, 0.15) is 42.0 Å². The molecule has 2 unspecified atom stereocenters. The van der Waals surface area contributed by atoms with Crippen LogP contribution in [0.15, 0.2) is 42.5 Å². The molecular weight excluding hydrogens is 392 g/mol. The molecule has 2 aromatic rings. The zero-order valence-electron chi connectivity index (χ0n) is 18.5. The molecule has 6 heteroatoms. The summed E-state index contributed by atoms with van der Waals surface area (Å²) < 4.78 is 10.9. The van der Waals surface area contributed by atoms with Crippen molar-refractivity contribution >= 4 is 11.8 Å². The zero-order chi connectivity index (χ0) is 22.0. The number of amides is 2. The molecule has 2 atom stereocenters. The number of hydrogen-bond acceptors (Lipinski definition) is 4. The summed E-state index contributed by atoms with van der Waals surface area (Å²) in [6.45, 7) is 3.79. The fourth-order valence-corrected chi connectivity index (χ4v) is 4.69. The molecule has 2 heterocycles. The van der Waals surface area contributed by atoms with E-state index in [-0.39, 0.29) is 30.2 Å². The molecule has 0 bridgehead atoms. The molecule has 2 amide bonds. The third kappa shape index (κ3) is 4.38. The molecule has 31 heavy (non-hydrogen) atoms. The summed E-state index contributed by atoms with van der Waals surface area (Å²) in [5.74, 6) is 1.29. The number of nitrogens with zero attached hydrogens (tertiary/aromatic N) is 2. The Morgan fingerprint density at radius 3 is 2.58 bits per heavy atom. The van der Waals surface area contributed by atoms with Gasteiger partial charge in [-0.1, -0.05) is 29.8 Å². The van der Waals surface area contributed by atoms with E-state index in [1.165, 1.54) is 5.56 Å². The first kappa shape index (κ1) is 21.2. The van der Waals surface area contributed by atoms with E-state index >= 15 is 0 Å². The van der Waals surface area contributed by atoms with E-state index in [0.717, 1.165) is 35.5 Å². The second-order valence-corrected chi connectivity index (χ2v) is 8.46. The minimum absolute atomic E-state index is 0.0328. The van der Waals surface area contributed by atoms with Crippen molar-refractivity contribution in [1.82, 2.24) is 9.80 Å². The molecule has 0 N–H and O–H groups in total. The quantitative estimate of drug-likeness (QED) is 0.712. The lowest BCUT2D eigenvalue weighted by Crippen LogP contribution is -2.37. The van der Waals surface area contributed by atoms with Gasteiger partial charge in [0.2, 0.25) is 11.8 Å². The van der Waals surface area contributed by atoms with Crippen molar-refractivity contribution in [2.24, 2.45) is 5.92 Å². The minimum Gasteiger partial charge on any atom is -0.497 e. The summed E-state index contributed by atoms with van der Waals surface area (Å²) >= 11 is 0. The molecule has 164 valence electrons. The Labute approximate surface area is 183 Å². The third-order valence-electron chi connectivity index (χ3n) is 6.39. The molecule has 0 saturated carbocycles. The van der Waals surface area contributed by atoms with Gasteiger partial charge in [0.25, 0.3) is 0 Å². The first-order valence-electron chi connectivity index (χ1n) is 10.9. The largest absolute Gasteiger partial charge is 0.497 e. The van der Waals surface area contributed by atoms with Crippen LogP contribution in [0.3, 0.4) is 0 Å². The van der Waals surface area contributed by atoms with Crippen molar-refractivity contribution in [2.45, 2.75) is 38.8 Å². The highest BCUT2D eigenvalue weighted by Gasteiger charge is 2.40. The highest BCUT2D eigenvalue weighted by atomic mass is 16.5. The van der Waals surface area contributed by atoms with Gasteiger partial charge in [0.05, 0.1) is 26.2 Å². The van der Waals surface area contributed by atoms with E-state index in [9.17, 15) is 9.59 Å². The molecule has 2 saturated heterocycles. The van der Waals surface area contributed by atoms with E-state index in [1.54, 1.807) is 14.2 Å². The lowest BCUT2D eigenvalue weighted by atomic mass is 10.0. The number of hydrogen-bond donors (Lipinski definition) is 0. The Kier molecular flexibility index (Phi) is 6.16. The summed E-state index contributed by atoms with van der Waals surface area (Å²) in [4.78, 5) is 29.8. The molecule has 4 rings (SSSR count). The molecule has 0 aromatic heterocycles. The summed E-state index contributed by atoms with van der Waals surface area (Å²) in [5.41, 5.74) is 3.28. The maximum absolute atomic E-state index is 13.4. The van der Waals surface area contributed by atoms with Crippen molar-refractivity contribution in [3.8, 4) is 11.5 Å². The normalized spacial score (nSPS) is 20.9. The SMILES string of the molecule is COc1ccc(C2CCCN2C(=O)C2CC(=O)N(Cc3ccc(C)cc3)C2)c(OC)c1. The average Bonchev–Trinajstić information content (AvgIpc) is 3.41. The monoisotopic (exact) mass is 422 g/mol. The number of carbonyl (C=O) groups excluding carboxylic acids is 2. The van der Waals surface area contributed by atoms with Gasteiger partial charge in [-0.3, -0.25) is 9.59 Å². The third-order valence-corrected chi connectivity index (χ3v) is 6.39. The highest BCUT2D eigenvalue weighted by Crippen LogP contribution is 2.40. The first-order valence-corrected chi connectivity index (χ1v) is 10.9. The van der Waals surface area contributed by atoms with Gasteiger partial charge in [-0.15, -0.1) is 0 Å². The van der Waals surface area contributed by atoms with Crippen LogP contribution in [0.5, 0.6) is 11.5 Å². The van der Waals surface area contributed by atoms with Crippen LogP contribution in [0.2, 0.25) is 0 Å². The van der Waals surface area contributed by atoms with Gasteiger partial charge in [0.1, 0.15) is 11.5 Å². The smallest absolute Gasteiger partial charge is 0.228 e. The predicted molar refractivity (Wildman–Crippen MR) is 118 cm³/mol. The van der Waals surface area contributed by atoms with E-state index in [4.69, 9.17) is 9.47 Å². The number of ether oxygens (including phenoxy) is 2. The topological polar surface area (TPSA) is 59.1 Å². The summed E-state index contributed by atoms with van der Waals surface area (Å²) in [5, 5.41) is 0. The maximum Gasteiger partial charge on any atom is 0.228 e. The fraction of sp³-hybridized carbons (Fsp3) is 0.440. The van der Waals surface area contributed by atoms with Crippen LogP contribution in [0, 0.1) is 12.8 Å². The highest BCUT2D eigenvalue weighted by molar-refractivity contribution is 5.89. The van der Waals surface area contributed by atoms with Gasteiger partial charge in [0, 0.05) is 37.7 Å². The van der Waals surface area contributed by atoms with Crippen molar-refractivity contribution in [1.29, 1.82) is 0 Å². The van der Waals surface area contributed by atoms with Crippen LogP contribution in [0.4, 0.5) is 0 Å². The van der Waals surface area contributed by atoms with Gasteiger partial charge >= 0.3 is 0 Å². The number of benzene rings is 2. The minimum atomic E-state index is -0.289. The van der Waals surface area contributed by atoms with E-state index in [1.807, 2.05) is 47.1 Å². The van der Waals surface area contributed by atoms with Crippen LogP contribution in [-0.4, -0.2) is 48.9 Å². The van der Waals surface area contributed by atoms with Crippen LogP contribution in [0.25, 0.3) is 0 Å². The van der Waals surface area contributed by atoms with E-state index in [0.29, 0.717) is 19.6 Å². The molecule has 2 fully saturated rings. The Morgan fingerprint density at radius 1 is 1.10 bits per heavy atom.